The van der Waals surface area contributed by atoms with Crippen LogP contribution in [0.4, 0.5) is 5.88 Å². The Morgan fingerprint density at radius 2 is 1.87 bits per heavy atom. The Bertz CT molecular complexity index is 1220. The van der Waals surface area contributed by atoms with Crippen molar-refractivity contribution in [1.29, 1.82) is 5.26 Å². The average molecular weight is 413 g/mol. The van der Waals surface area contributed by atoms with Gasteiger partial charge in [-0.2, -0.15) is 10.2 Å². The van der Waals surface area contributed by atoms with Crippen molar-refractivity contribution < 1.29 is 13.6 Å². The molecule has 0 bridgehead atoms. The van der Waals surface area contributed by atoms with E-state index < -0.39 is 0 Å². The molecule has 4 rings (SSSR count). The zero-order valence-corrected chi connectivity index (χ0v) is 17.7. The molecule has 0 aliphatic rings. The van der Waals surface area contributed by atoms with E-state index in [-0.39, 0.29) is 24.2 Å². The lowest BCUT2D eigenvalue weighted by molar-refractivity contribution is 0.269. The maximum absolute atomic E-state index is 9.46. The van der Waals surface area contributed by atoms with Crippen LogP contribution >= 0.6 is 0 Å². The first-order valence-electron chi connectivity index (χ1n) is 10.0. The fourth-order valence-electron chi connectivity index (χ4n) is 3.20. The van der Waals surface area contributed by atoms with Gasteiger partial charge in [-0.25, -0.2) is 0 Å². The van der Waals surface area contributed by atoms with Crippen molar-refractivity contribution in [2.24, 2.45) is 0 Å². The molecule has 1 atom stereocenters. The Labute approximate surface area is 181 Å². The number of ether oxygens (including phenoxy) is 1. The lowest BCUT2D eigenvalue weighted by Crippen LogP contribution is -2.06. The van der Waals surface area contributed by atoms with E-state index in [1.807, 2.05) is 75.4 Å². The number of aromatic nitrogens is 1. The summed E-state index contributed by atoms with van der Waals surface area (Å²) >= 11 is 0. The van der Waals surface area contributed by atoms with Gasteiger partial charge in [-0.05, 0) is 55.7 Å². The van der Waals surface area contributed by atoms with Crippen LogP contribution in [0.1, 0.15) is 41.1 Å². The number of hydrogen-bond donors (Lipinski definition) is 1. The number of rotatable bonds is 7. The number of benzene rings is 2. The summed E-state index contributed by atoms with van der Waals surface area (Å²) in [6.07, 6.45) is 0. The van der Waals surface area contributed by atoms with Crippen LogP contribution in [0.15, 0.2) is 69.5 Å². The Kier molecular flexibility index (Phi) is 5.76. The molecule has 156 valence electrons. The maximum Gasteiger partial charge on any atom is 0.266 e. The van der Waals surface area contributed by atoms with Crippen LogP contribution in [-0.4, -0.2) is 4.98 Å². The van der Waals surface area contributed by atoms with E-state index >= 15 is 0 Å². The predicted molar refractivity (Wildman–Crippen MR) is 118 cm³/mol. The van der Waals surface area contributed by atoms with Crippen LogP contribution in [0.2, 0.25) is 0 Å². The van der Waals surface area contributed by atoms with Gasteiger partial charge in [-0.3, -0.25) is 0 Å². The molecule has 6 nitrogen and oxygen atoms in total. The number of hydrogen-bond acceptors (Lipinski definition) is 6. The van der Waals surface area contributed by atoms with Crippen LogP contribution in [0.25, 0.3) is 11.7 Å². The summed E-state index contributed by atoms with van der Waals surface area (Å²) in [4.78, 5) is 4.28. The first kappa shape index (κ1) is 20.3. The third-order valence-electron chi connectivity index (χ3n) is 4.97. The SMILES string of the molecule is Cc1ccc(C)c(OCc2ccc(-c3nc(C#N)c(N[C@H](C)c4ccccc4)o3)o2)c1. The highest BCUT2D eigenvalue weighted by Crippen LogP contribution is 2.30. The second kappa shape index (κ2) is 8.80. The van der Waals surface area contributed by atoms with Crippen molar-refractivity contribution in [3.05, 3.63) is 88.8 Å². The van der Waals surface area contributed by atoms with Crippen LogP contribution in [0.3, 0.4) is 0 Å². The quantitative estimate of drug-likeness (QED) is 0.390. The molecule has 2 aromatic heterocycles. The van der Waals surface area contributed by atoms with Gasteiger partial charge in [-0.1, -0.05) is 42.5 Å². The number of aryl methyl sites for hydroxylation is 2. The minimum absolute atomic E-state index is 0.0489. The van der Waals surface area contributed by atoms with Crippen molar-refractivity contribution in [2.75, 3.05) is 5.32 Å². The van der Waals surface area contributed by atoms with Gasteiger partial charge in [-0.15, -0.1) is 0 Å². The van der Waals surface area contributed by atoms with Gasteiger partial charge < -0.3 is 18.9 Å². The zero-order valence-electron chi connectivity index (χ0n) is 17.7. The Balaban J connectivity index is 1.48. The lowest BCUT2D eigenvalue weighted by atomic mass is 10.1. The summed E-state index contributed by atoms with van der Waals surface area (Å²) in [5.41, 5.74) is 3.46. The number of anilines is 1. The number of nitrogens with zero attached hydrogens (tertiary/aromatic N) is 2. The third kappa shape index (κ3) is 4.62. The smallest absolute Gasteiger partial charge is 0.266 e. The van der Waals surface area contributed by atoms with Crippen molar-refractivity contribution in [3.8, 4) is 23.5 Å². The zero-order chi connectivity index (χ0) is 21.8. The van der Waals surface area contributed by atoms with Crippen LogP contribution in [-0.2, 0) is 6.61 Å². The van der Waals surface area contributed by atoms with Crippen molar-refractivity contribution >= 4 is 5.88 Å². The third-order valence-corrected chi connectivity index (χ3v) is 4.97. The maximum atomic E-state index is 9.46. The number of furan rings is 1. The van der Waals surface area contributed by atoms with Gasteiger partial charge in [0.1, 0.15) is 24.2 Å². The summed E-state index contributed by atoms with van der Waals surface area (Å²) in [6, 6.07) is 21.6. The van der Waals surface area contributed by atoms with Crippen LogP contribution in [0.5, 0.6) is 5.75 Å². The molecule has 0 aliphatic heterocycles. The van der Waals surface area contributed by atoms with E-state index in [1.54, 1.807) is 6.07 Å². The molecule has 0 amide bonds. The van der Waals surface area contributed by atoms with Gasteiger partial charge in [0.15, 0.2) is 5.76 Å². The Hall–Kier alpha value is -3.98. The summed E-state index contributed by atoms with van der Waals surface area (Å²) in [5, 5.41) is 12.7. The van der Waals surface area contributed by atoms with Gasteiger partial charge in [0.2, 0.25) is 11.6 Å². The lowest BCUT2D eigenvalue weighted by Gasteiger charge is -2.12. The predicted octanol–water partition coefficient (Wildman–Crippen LogP) is 6.18. The molecule has 4 aromatic rings. The molecule has 31 heavy (non-hydrogen) atoms. The summed E-state index contributed by atoms with van der Waals surface area (Å²) in [7, 11) is 0. The molecule has 2 heterocycles. The van der Waals surface area contributed by atoms with E-state index in [4.69, 9.17) is 13.6 Å². The van der Waals surface area contributed by atoms with Crippen molar-refractivity contribution in [3.63, 3.8) is 0 Å². The largest absolute Gasteiger partial charge is 0.485 e. The molecule has 0 spiro atoms. The second-order valence-electron chi connectivity index (χ2n) is 7.41. The van der Waals surface area contributed by atoms with Gasteiger partial charge in [0.05, 0.1) is 6.04 Å². The number of nitriles is 1. The average Bonchev–Trinajstić information content (AvgIpc) is 3.42. The molecule has 1 N–H and O–H groups in total. The van der Waals surface area contributed by atoms with Crippen molar-refractivity contribution in [2.45, 2.75) is 33.4 Å². The second-order valence-corrected chi connectivity index (χ2v) is 7.41. The molecule has 0 unspecified atom stereocenters. The van der Waals surface area contributed by atoms with Crippen molar-refractivity contribution in [1.82, 2.24) is 4.98 Å². The molecule has 6 heteroatoms. The van der Waals surface area contributed by atoms with Gasteiger partial charge in [0.25, 0.3) is 5.89 Å². The molecule has 0 saturated carbocycles. The highest BCUT2D eigenvalue weighted by molar-refractivity contribution is 5.55. The van der Waals surface area contributed by atoms with Crippen LogP contribution < -0.4 is 10.1 Å². The number of oxazole rings is 1. The topological polar surface area (TPSA) is 84.2 Å². The van der Waals surface area contributed by atoms with E-state index in [0.717, 1.165) is 22.4 Å². The Morgan fingerprint density at radius 3 is 2.65 bits per heavy atom. The summed E-state index contributed by atoms with van der Waals surface area (Å²) in [5.74, 6) is 2.47. The highest BCUT2D eigenvalue weighted by atomic mass is 16.5. The van der Waals surface area contributed by atoms with E-state index in [9.17, 15) is 5.26 Å². The fraction of sp³-hybridized carbons (Fsp3) is 0.200. The molecule has 0 aliphatic carbocycles. The van der Waals surface area contributed by atoms with E-state index in [2.05, 4.69) is 16.4 Å². The first-order valence-corrected chi connectivity index (χ1v) is 10.0. The molecular formula is C25H23N3O3. The minimum Gasteiger partial charge on any atom is -0.485 e. The standard InChI is InChI=1S/C25H23N3O3/c1-16-9-10-17(2)23(13-16)29-15-20-11-12-22(30-20)25-28-21(14-26)24(31-25)27-18(3)19-7-5-4-6-8-19/h4-13,18,27H,15H2,1-3H3/t18-/m1/s1. The molecule has 0 saturated heterocycles. The molecular weight excluding hydrogens is 390 g/mol. The number of nitrogens with one attached hydrogen (secondary N) is 1. The monoisotopic (exact) mass is 413 g/mol. The summed E-state index contributed by atoms with van der Waals surface area (Å²) in [6.45, 7) is 6.31. The summed E-state index contributed by atoms with van der Waals surface area (Å²) < 4.78 is 17.6. The van der Waals surface area contributed by atoms with Gasteiger partial charge >= 0.3 is 0 Å². The fourth-order valence-corrected chi connectivity index (χ4v) is 3.20. The van der Waals surface area contributed by atoms with E-state index in [0.29, 0.717) is 17.4 Å². The minimum atomic E-state index is -0.0489. The Morgan fingerprint density at radius 1 is 1.06 bits per heavy atom. The molecule has 0 radical (unpaired) electrons. The highest BCUT2D eigenvalue weighted by Gasteiger charge is 2.19. The van der Waals surface area contributed by atoms with Gasteiger partial charge in [0, 0.05) is 0 Å². The molecule has 0 fully saturated rings. The van der Waals surface area contributed by atoms with Crippen LogP contribution in [0, 0.1) is 25.2 Å². The molecule has 2 aromatic carbocycles. The van der Waals surface area contributed by atoms with E-state index in [1.165, 1.54) is 0 Å². The first-order chi connectivity index (χ1) is 15.0. The normalized spacial score (nSPS) is 11.7.